The van der Waals surface area contributed by atoms with Gasteiger partial charge < -0.3 is 9.26 Å². The van der Waals surface area contributed by atoms with Gasteiger partial charge in [-0.25, -0.2) is 4.98 Å². The van der Waals surface area contributed by atoms with Crippen LogP contribution in [0, 0.1) is 0 Å². The van der Waals surface area contributed by atoms with Crippen LogP contribution in [0.1, 0.15) is 40.9 Å². The third-order valence-electron chi connectivity index (χ3n) is 4.37. The summed E-state index contributed by atoms with van der Waals surface area (Å²) >= 11 is 1.86. The van der Waals surface area contributed by atoms with E-state index in [-0.39, 0.29) is 12.0 Å². The van der Waals surface area contributed by atoms with Crippen molar-refractivity contribution in [1.29, 1.82) is 0 Å². The Morgan fingerprint density at radius 1 is 1.38 bits per heavy atom. The van der Waals surface area contributed by atoms with Crippen molar-refractivity contribution >= 4 is 23.6 Å². The average molecular weight is 345 g/mol. The molecule has 1 amide bonds. The first-order valence-corrected chi connectivity index (χ1v) is 9.45. The van der Waals surface area contributed by atoms with Crippen LogP contribution >= 0.6 is 11.8 Å². The Kier molecular flexibility index (Phi) is 4.42. The number of anilines is 1. The molecule has 0 saturated carbocycles. The van der Waals surface area contributed by atoms with Gasteiger partial charge in [0.15, 0.2) is 0 Å². The standard InChI is InChI=1S/C17H19N3O3S/c21-15(19-17-12-4-1-2-6-14(12)20-23-17)13-5-3-8-18-16(13)22-11-7-9-24-10-11/h3,5,8,11H,1-2,4,6-7,9-10H2,(H,19,21). The lowest BCUT2D eigenvalue weighted by Gasteiger charge is -2.14. The number of hydrogen-bond acceptors (Lipinski definition) is 6. The minimum Gasteiger partial charge on any atom is -0.473 e. The number of nitrogens with one attached hydrogen (secondary N) is 1. The van der Waals surface area contributed by atoms with Gasteiger partial charge in [0.05, 0.1) is 5.69 Å². The molecule has 1 fully saturated rings. The van der Waals surface area contributed by atoms with Gasteiger partial charge >= 0.3 is 0 Å². The number of aromatic nitrogens is 2. The van der Waals surface area contributed by atoms with Crippen LogP contribution in [0.4, 0.5) is 5.88 Å². The summed E-state index contributed by atoms with van der Waals surface area (Å²) < 4.78 is 11.3. The summed E-state index contributed by atoms with van der Waals surface area (Å²) in [5.41, 5.74) is 2.41. The zero-order valence-corrected chi connectivity index (χ0v) is 14.1. The topological polar surface area (TPSA) is 77.3 Å². The molecule has 1 N–H and O–H groups in total. The van der Waals surface area contributed by atoms with E-state index in [0.717, 1.165) is 54.9 Å². The largest absolute Gasteiger partial charge is 0.473 e. The highest BCUT2D eigenvalue weighted by molar-refractivity contribution is 7.99. The van der Waals surface area contributed by atoms with Crippen LogP contribution < -0.4 is 10.1 Å². The van der Waals surface area contributed by atoms with Crippen molar-refractivity contribution in [3.63, 3.8) is 0 Å². The number of rotatable bonds is 4. The molecular formula is C17H19N3O3S. The van der Waals surface area contributed by atoms with Crippen molar-refractivity contribution < 1.29 is 14.1 Å². The van der Waals surface area contributed by atoms with E-state index < -0.39 is 0 Å². The van der Waals surface area contributed by atoms with Gasteiger partial charge in [0.25, 0.3) is 5.91 Å². The maximum absolute atomic E-state index is 12.7. The number of aryl methyl sites for hydroxylation is 1. The second kappa shape index (κ2) is 6.84. The number of pyridine rings is 1. The van der Waals surface area contributed by atoms with Gasteiger partial charge in [-0.05, 0) is 50.0 Å². The lowest BCUT2D eigenvalue weighted by molar-refractivity contribution is 0.101. The third kappa shape index (κ3) is 3.13. The zero-order valence-electron chi connectivity index (χ0n) is 13.3. The quantitative estimate of drug-likeness (QED) is 0.917. The molecule has 2 aliphatic rings. The number of nitrogens with zero attached hydrogens (tertiary/aromatic N) is 2. The normalized spacial score (nSPS) is 19.8. The number of fused-ring (bicyclic) bond motifs is 1. The second-order valence-corrected chi connectivity index (χ2v) is 7.21. The van der Waals surface area contributed by atoms with Gasteiger partial charge in [0.2, 0.25) is 11.8 Å². The van der Waals surface area contributed by atoms with Crippen LogP contribution in [-0.4, -0.2) is 33.7 Å². The number of ether oxygens (including phenoxy) is 1. The lowest BCUT2D eigenvalue weighted by Crippen LogP contribution is -2.20. The van der Waals surface area contributed by atoms with Crippen molar-refractivity contribution in [3.8, 4) is 5.88 Å². The number of hydrogen-bond donors (Lipinski definition) is 1. The van der Waals surface area contributed by atoms with Crippen LogP contribution in [0.15, 0.2) is 22.9 Å². The fraction of sp³-hybridized carbons (Fsp3) is 0.471. The molecule has 0 bridgehead atoms. The van der Waals surface area contributed by atoms with Gasteiger partial charge in [-0.2, -0.15) is 11.8 Å². The van der Waals surface area contributed by atoms with Crippen molar-refractivity contribution in [2.45, 2.75) is 38.2 Å². The van der Waals surface area contributed by atoms with Gasteiger partial charge in [-0.1, -0.05) is 5.16 Å². The van der Waals surface area contributed by atoms with Crippen molar-refractivity contribution in [3.05, 3.63) is 35.2 Å². The maximum atomic E-state index is 12.7. The Morgan fingerprint density at radius 3 is 3.17 bits per heavy atom. The van der Waals surface area contributed by atoms with E-state index in [9.17, 15) is 4.79 Å². The minimum atomic E-state index is -0.270. The van der Waals surface area contributed by atoms with Crippen LogP contribution in [0.25, 0.3) is 0 Å². The average Bonchev–Trinajstić information content (AvgIpc) is 3.26. The molecule has 7 heteroatoms. The number of carbonyl (C=O) groups excluding carboxylic acids is 1. The lowest BCUT2D eigenvalue weighted by atomic mass is 9.98. The Morgan fingerprint density at radius 2 is 2.29 bits per heavy atom. The van der Waals surface area contributed by atoms with E-state index in [1.54, 1.807) is 18.3 Å². The summed E-state index contributed by atoms with van der Waals surface area (Å²) in [4.78, 5) is 16.9. The highest BCUT2D eigenvalue weighted by Gasteiger charge is 2.24. The number of amides is 1. The molecule has 2 aromatic rings. The van der Waals surface area contributed by atoms with E-state index in [0.29, 0.717) is 17.3 Å². The van der Waals surface area contributed by atoms with Crippen LogP contribution in [0.3, 0.4) is 0 Å². The van der Waals surface area contributed by atoms with E-state index in [1.807, 2.05) is 11.8 Å². The molecule has 1 aliphatic heterocycles. The molecule has 2 aromatic heterocycles. The van der Waals surface area contributed by atoms with E-state index in [2.05, 4.69) is 15.5 Å². The van der Waals surface area contributed by atoms with Gasteiger partial charge in [0.1, 0.15) is 11.7 Å². The number of carbonyl (C=O) groups is 1. The first kappa shape index (κ1) is 15.5. The van der Waals surface area contributed by atoms with Crippen molar-refractivity contribution in [1.82, 2.24) is 10.1 Å². The SMILES string of the molecule is O=C(Nc1onc2c1CCCC2)c1cccnc1OC1CCSC1. The Hall–Kier alpha value is -2.02. The minimum absolute atomic E-state index is 0.120. The monoisotopic (exact) mass is 345 g/mol. The van der Waals surface area contributed by atoms with E-state index in [1.165, 1.54) is 0 Å². The summed E-state index contributed by atoms with van der Waals surface area (Å²) in [6.07, 6.45) is 6.77. The Balaban J connectivity index is 1.53. The Labute approximate surface area is 144 Å². The molecule has 126 valence electrons. The summed E-state index contributed by atoms with van der Waals surface area (Å²) in [6.45, 7) is 0. The smallest absolute Gasteiger partial charge is 0.263 e. The predicted molar refractivity (Wildman–Crippen MR) is 91.7 cm³/mol. The highest BCUT2D eigenvalue weighted by Crippen LogP contribution is 2.29. The third-order valence-corrected chi connectivity index (χ3v) is 5.50. The highest BCUT2D eigenvalue weighted by atomic mass is 32.2. The van der Waals surface area contributed by atoms with E-state index in [4.69, 9.17) is 9.26 Å². The van der Waals surface area contributed by atoms with Gasteiger partial charge in [-0.3, -0.25) is 10.1 Å². The molecule has 1 saturated heterocycles. The first-order valence-electron chi connectivity index (χ1n) is 8.29. The molecule has 6 nitrogen and oxygen atoms in total. The fourth-order valence-corrected chi connectivity index (χ4v) is 4.17. The molecule has 4 rings (SSSR count). The molecule has 3 heterocycles. The first-order chi connectivity index (χ1) is 11.8. The maximum Gasteiger partial charge on any atom is 0.263 e. The second-order valence-electron chi connectivity index (χ2n) is 6.06. The van der Waals surface area contributed by atoms with E-state index >= 15 is 0 Å². The van der Waals surface area contributed by atoms with Gasteiger partial charge in [-0.15, -0.1) is 0 Å². The molecule has 1 aliphatic carbocycles. The van der Waals surface area contributed by atoms with Crippen molar-refractivity contribution in [2.75, 3.05) is 16.8 Å². The van der Waals surface area contributed by atoms with Crippen molar-refractivity contribution in [2.24, 2.45) is 0 Å². The molecular weight excluding hydrogens is 326 g/mol. The van der Waals surface area contributed by atoms with Crippen LogP contribution in [0.5, 0.6) is 5.88 Å². The Bertz CT molecular complexity index is 740. The number of thioether (sulfide) groups is 1. The molecule has 1 atom stereocenters. The summed E-state index contributed by atoms with van der Waals surface area (Å²) in [5, 5.41) is 6.91. The fourth-order valence-electron chi connectivity index (χ4n) is 3.08. The molecule has 0 aromatic carbocycles. The molecule has 0 radical (unpaired) electrons. The van der Waals surface area contributed by atoms with Crippen LogP contribution in [-0.2, 0) is 12.8 Å². The summed E-state index contributed by atoms with van der Waals surface area (Å²) in [7, 11) is 0. The van der Waals surface area contributed by atoms with Gasteiger partial charge in [0, 0.05) is 17.5 Å². The van der Waals surface area contributed by atoms with Crippen LogP contribution in [0.2, 0.25) is 0 Å². The zero-order chi connectivity index (χ0) is 16.4. The molecule has 24 heavy (non-hydrogen) atoms. The molecule has 0 spiro atoms. The predicted octanol–water partition coefficient (Wildman–Crippen LogP) is 3.09. The molecule has 1 unspecified atom stereocenters. The summed E-state index contributed by atoms with van der Waals surface area (Å²) in [5.74, 6) is 2.60. The summed E-state index contributed by atoms with van der Waals surface area (Å²) in [6, 6.07) is 3.46.